The Hall–Kier alpha value is -2.91. The molecule has 0 fully saturated rings. The second kappa shape index (κ2) is 8.45. The number of benzene rings is 1. The molecule has 10 heteroatoms. The van der Waals surface area contributed by atoms with E-state index in [9.17, 15) is 9.59 Å². The Bertz CT molecular complexity index is 918. The van der Waals surface area contributed by atoms with Crippen molar-refractivity contribution in [3.63, 3.8) is 0 Å². The van der Waals surface area contributed by atoms with Gasteiger partial charge in [-0.05, 0) is 30.3 Å². The van der Waals surface area contributed by atoms with Gasteiger partial charge in [0, 0.05) is 11.2 Å². The second-order valence-electron chi connectivity index (χ2n) is 4.97. The molecule has 1 aromatic carbocycles. The first-order chi connectivity index (χ1) is 12.6. The SMILES string of the molecule is O=C(CSc1nncn1-c1cccc(Cl)c1)NNC(=O)c1ccccn1. The van der Waals surface area contributed by atoms with Gasteiger partial charge in [-0.3, -0.25) is 30.0 Å². The summed E-state index contributed by atoms with van der Waals surface area (Å²) in [5, 5.41) is 8.96. The minimum absolute atomic E-state index is 0.0434. The van der Waals surface area contributed by atoms with Crippen LogP contribution in [0, 0.1) is 0 Å². The number of rotatable bonds is 5. The van der Waals surface area contributed by atoms with Gasteiger partial charge in [-0.1, -0.05) is 35.5 Å². The van der Waals surface area contributed by atoms with Crippen LogP contribution in [0.3, 0.4) is 0 Å². The Morgan fingerprint density at radius 2 is 2.04 bits per heavy atom. The van der Waals surface area contributed by atoms with Crippen LogP contribution in [0.5, 0.6) is 0 Å². The highest BCUT2D eigenvalue weighted by Gasteiger charge is 2.12. The molecule has 0 bridgehead atoms. The summed E-state index contributed by atoms with van der Waals surface area (Å²) in [4.78, 5) is 27.6. The number of thioether (sulfide) groups is 1. The Kier molecular flexibility index (Phi) is 5.82. The number of carbonyl (C=O) groups excluding carboxylic acids is 2. The summed E-state index contributed by atoms with van der Waals surface area (Å²) in [6, 6.07) is 12.1. The third kappa shape index (κ3) is 4.58. The first kappa shape index (κ1) is 17.9. The molecule has 0 aliphatic heterocycles. The summed E-state index contributed by atoms with van der Waals surface area (Å²) in [5.74, 6) is -0.840. The second-order valence-corrected chi connectivity index (χ2v) is 6.35. The summed E-state index contributed by atoms with van der Waals surface area (Å²) in [6.45, 7) is 0. The van der Waals surface area contributed by atoms with E-state index < -0.39 is 5.91 Å². The van der Waals surface area contributed by atoms with Gasteiger partial charge in [-0.25, -0.2) is 0 Å². The van der Waals surface area contributed by atoms with Crippen LogP contribution in [0.1, 0.15) is 10.5 Å². The number of nitrogens with one attached hydrogen (secondary N) is 2. The van der Waals surface area contributed by atoms with Crippen LogP contribution in [0.4, 0.5) is 0 Å². The quantitative estimate of drug-likeness (QED) is 0.511. The minimum Gasteiger partial charge on any atom is -0.277 e. The summed E-state index contributed by atoms with van der Waals surface area (Å²) >= 11 is 7.17. The van der Waals surface area contributed by atoms with E-state index in [1.165, 1.54) is 24.3 Å². The lowest BCUT2D eigenvalue weighted by Crippen LogP contribution is -2.42. The van der Waals surface area contributed by atoms with Crippen LogP contribution in [-0.4, -0.2) is 37.3 Å². The molecule has 132 valence electrons. The predicted octanol–water partition coefficient (Wildman–Crippen LogP) is 1.87. The lowest BCUT2D eigenvalue weighted by molar-refractivity contribution is -0.119. The number of hydrogen-bond donors (Lipinski definition) is 2. The van der Waals surface area contributed by atoms with E-state index in [1.807, 2.05) is 12.1 Å². The molecule has 0 aliphatic carbocycles. The average molecular weight is 389 g/mol. The van der Waals surface area contributed by atoms with Crippen molar-refractivity contribution in [1.29, 1.82) is 0 Å². The normalized spacial score (nSPS) is 10.3. The molecule has 8 nitrogen and oxygen atoms in total. The van der Waals surface area contributed by atoms with Gasteiger partial charge in [-0.2, -0.15) is 0 Å². The van der Waals surface area contributed by atoms with Gasteiger partial charge in [0.05, 0.1) is 11.4 Å². The van der Waals surface area contributed by atoms with Crippen LogP contribution in [0.15, 0.2) is 60.1 Å². The molecule has 0 saturated carbocycles. The highest BCUT2D eigenvalue weighted by atomic mass is 35.5. The molecule has 2 aromatic heterocycles. The van der Waals surface area contributed by atoms with Crippen LogP contribution >= 0.6 is 23.4 Å². The Labute approximate surface area is 158 Å². The van der Waals surface area contributed by atoms with Crippen molar-refractivity contribution < 1.29 is 9.59 Å². The molecule has 26 heavy (non-hydrogen) atoms. The fourth-order valence-corrected chi connectivity index (χ4v) is 2.89. The van der Waals surface area contributed by atoms with E-state index >= 15 is 0 Å². The number of aromatic nitrogens is 4. The third-order valence-corrected chi connectivity index (χ3v) is 4.33. The zero-order chi connectivity index (χ0) is 18.4. The number of nitrogens with zero attached hydrogens (tertiary/aromatic N) is 4. The fourth-order valence-electron chi connectivity index (χ4n) is 1.98. The number of pyridine rings is 1. The van der Waals surface area contributed by atoms with Gasteiger partial charge < -0.3 is 0 Å². The highest BCUT2D eigenvalue weighted by molar-refractivity contribution is 7.99. The van der Waals surface area contributed by atoms with E-state index in [-0.39, 0.29) is 17.4 Å². The molecule has 0 saturated heterocycles. The van der Waals surface area contributed by atoms with Crippen molar-refractivity contribution in [2.75, 3.05) is 5.75 Å². The molecule has 0 unspecified atom stereocenters. The van der Waals surface area contributed by atoms with Crippen molar-refractivity contribution in [2.45, 2.75) is 5.16 Å². The number of carbonyl (C=O) groups is 2. The first-order valence-electron chi connectivity index (χ1n) is 7.42. The molecule has 2 N–H and O–H groups in total. The Morgan fingerprint density at radius 1 is 1.15 bits per heavy atom. The number of amides is 2. The first-order valence-corrected chi connectivity index (χ1v) is 8.79. The smallest absolute Gasteiger partial charge is 0.277 e. The van der Waals surface area contributed by atoms with Gasteiger partial charge in [0.2, 0.25) is 5.91 Å². The van der Waals surface area contributed by atoms with E-state index in [1.54, 1.807) is 34.9 Å². The van der Waals surface area contributed by atoms with Crippen molar-refractivity contribution in [2.24, 2.45) is 0 Å². The van der Waals surface area contributed by atoms with Crippen molar-refractivity contribution in [3.05, 3.63) is 65.7 Å². The van der Waals surface area contributed by atoms with Crippen LogP contribution in [0.2, 0.25) is 5.02 Å². The van der Waals surface area contributed by atoms with Gasteiger partial charge in [0.25, 0.3) is 5.91 Å². The summed E-state index contributed by atoms with van der Waals surface area (Å²) in [6.07, 6.45) is 3.03. The van der Waals surface area contributed by atoms with Gasteiger partial charge >= 0.3 is 0 Å². The molecule has 3 aromatic rings. The molecule has 3 rings (SSSR count). The standard InChI is InChI=1S/C16H13ClN6O2S/c17-11-4-3-5-12(8-11)23-10-19-22-16(23)26-9-14(24)20-21-15(25)13-6-1-2-7-18-13/h1-8,10H,9H2,(H,20,24)(H,21,25). The zero-order valence-electron chi connectivity index (χ0n) is 13.3. The van der Waals surface area contributed by atoms with Gasteiger partial charge in [-0.15, -0.1) is 10.2 Å². The minimum atomic E-state index is -0.494. The number of hydrogen-bond acceptors (Lipinski definition) is 6. The maximum absolute atomic E-state index is 11.9. The predicted molar refractivity (Wildman–Crippen MR) is 96.9 cm³/mol. The van der Waals surface area contributed by atoms with Crippen LogP contribution in [0.25, 0.3) is 5.69 Å². The van der Waals surface area contributed by atoms with Gasteiger partial charge in [0.15, 0.2) is 5.16 Å². The number of hydrazine groups is 1. The largest absolute Gasteiger partial charge is 0.288 e. The molecule has 0 spiro atoms. The average Bonchev–Trinajstić information content (AvgIpc) is 3.14. The zero-order valence-corrected chi connectivity index (χ0v) is 14.9. The summed E-state index contributed by atoms with van der Waals surface area (Å²) in [7, 11) is 0. The highest BCUT2D eigenvalue weighted by Crippen LogP contribution is 2.21. The van der Waals surface area contributed by atoms with Crippen molar-refractivity contribution in [1.82, 2.24) is 30.6 Å². The lowest BCUT2D eigenvalue weighted by atomic mass is 10.3. The molecule has 2 amide bonds. The van der Waals surface area contributed by atoms with Gasteiger partial charge in [0.1, 0.15) is 12.0 Å². The summed E-state index contributed by atoms with van der Waals surface area (Å²) < 4.78 is 1.72. The van der Waals surface area contributed by atoms with E-state index in [0.717, 1.165) is 5.69 Å². The van der Waals surface area contributed by atoms with E-state index in [0.29, 0.717) is 10.2 Å². The topological polar surface area (TPSA) is 102 Å². The molecule has 0 radical (unpaired) electrons. The number of halogens is 1. The van der Waals surface area contributed by atoms with E-state index in [2.05, 4.69) is 26.0 Å². The van der Waals surface area contributed by atoms with E-state index in [4.69, 9.17) is 11.6 Å². The Balaban J connectivity index is 1.54. The van der Waals surface area contributed by atoms with Crippen molar-refractivity contribution >= 4 is 35.2 Å². The summed E-state index contributed by atoms with van der Waals surface area (Å²) in [5.41, 5.74) is 5.64. The fraction of sp³-hybridized carbons (Fsp3) is 0.0625. The lowest BCUT2D eigenvalue weighted by Gasteiger charge is -2.08. The third-order valence-electron chi connectivity index (χ3n) is 3.15. The monoisotopic (exact) mass is 388 g/mol. The maximum atomic E-state index is 11.9. The maximum Gasteiger partial charge on any atom is 0.288 e. The molecule has 0 aliphatic rings. The molecular weight excluding hydrogens is 376 g/mol. The van der Waals surface area contributed by atoms with Crippen LogP contribution in [-0.2, 0) is 4.79 Å². The van der Waals surface area contributed by atoms with Crippen LogP contribution < -0.4 is 10.9 Å². The molecule has 2 heterocycles. The molecule has 0 atom stereocenters. The Morgan fingerprint density at radius 3 is 2.81 bits per heavy atom. The van der Waals surface area contributed by atoms with Crippen molar-refractivity contribution in [3.8, 4) is 5.69 Å². The molecular formula is C16H13ClN6O2S.